The molecule has 0 heterocycles. The maximum atomic E-state index is 11.5. The smallest absolute Gasteiger partial charge is 0.249 e. The molecule has 0 aromatic heterocycles. The van der Waals surface area contributed by atoms with Gasteiger partial charge >= 0.3 is 0 Å². The Labute approximate surface area is 112 Å². The fourth-order valence-corrected chi connectivity index (χ4v) is 1.85. The first-order valence-corrected chi connectivity index (χ1v) is 5.69. The van der Waals surface area contributed by atoms with Gasteiger partial charge < -0.3 is 5.73 Å². The first-order valence-electron chi connectivity index (χ1n) is 5.69. The van der Waals surface area contributed by atoms with Crippen molar-refractivity contribution in [2.75, 3.05) is 0 Å². The summed E-state index contributed by atoms with van der Waals surface area (Å²) in [6.45, 7) is 0. The monoisotopic (exact) mass is 245 g/mol. The van der Waals surface area contributed by atoms with Crippen molar-refractivity contribution in [1.29, 1.82) is 0 Å². The number of benzene rings is 2. The number of carbonyl (C=O) groups is 1. The van der Waals surface area contributed by atoms with Crippen LogP contribution in [0, 0.1) is 24.2 Å². The number of hydrogen-bond acceptors (Lipinski definition) is 1. The molecule has 0 saturated heterocycles. The van der Waals surface area contributed by atoms with Gasteiger partial charge in [-0.2, -0.15) is 0 Å². The quantitative estimate of drug-likeness (QED) is 0.811. The van der Waals surface area contributed by atoms with E-state index in [0.717, 1.165) is 11.1 Å². The summed E-state index contributed by atoms with van der Waals surface area (Å²) < 4.78 is 0. The van der Waals surface area contributed by atoms with Gasteiger partial charge in [0.15, 0.2) is 0 Å². The molecule has 2 rings (SSSR count). The van der Waals surface area contributed by atoms with Crippen molar-refractivity contribution >= 4 is 5.91 Å². The molecule has 90 valence electrons. The Morgan fingerprint density at radius 1 is 1.05 bits per heavy atom. The van der Waals surface area contributed by atoms with E-state index in [1.807, 2.05) is 36.4 Å². The maximum Gasteiger partial charge on any atom is 0.249 e. The van der Waals surface area contributed by atoms with Gasteiger partial charge in [0.25, 0.3) is 0 Å². The highest BCUT2D eigenvalue weighted by atomic mass is 16.1. The van der Waals surface area contributed by atoms with Gasteiger partial charge in [-0.15, -0.1) is 6.42 Å². The van der Waals surface area contributed by atoms with Gasteiger partial charge in [0.2, 0.25) is 5.91 Å². The van der Waals surface area contributed by atoms with E-state index in [-0.39, 0.29) is 0 Å². The van der Waals surface area contributed by atoms with Gasteiger partial charge in [-0.05, 0) is 29.0 Å². The Bertz CT molecular complexity index is 712. The summed E-state index contributed by atoms with van der Waals surface area (Å²) in [6, 6.07) is 15.0. The standard InChI is InChI=1S/C17H11NO/c1-2-3-10-15-14(13-8-5-4-6-9-13)11-7-12-16(15)17(18)19/h1,4-9,11-12H,(H2,18,19). The molecule has 0 aliphatic carbocycles. The summed E-state index contributed by atoms with van der Waals surface area (Å²) in [4.78, 5) is 11.5. The average Bonchev–Trinajstić information content (AvgIpc) is 2.45. The molecule has 2 N–H and O–H groups in total. The zero-order valence-corrected chi connectivity index (χ0v) is 10.2. The van der Waals surface area contributed by atoms with E-state index in [0.29, 0.717) is 11.1 Å². The normalized spacial score (nSPS) is 9.00. The fraction of sp³-hybridized carbons (Fsp3) is 0. The number of terminal acetylenes is 1. The van der Waals surface area contributed by atoms with Crippen molar-refractivity contribution in [3.05, 3.63) is 59.7 Å². The van der Waals surface area contributed by atoms with E-state index in [4.69, 9.17) is 12.2 Å². The summed E-state index contributed by atoms with van der Waals surface area (Å²) in [5, 5.41) is 0. The molecular weight excluding hydrogens is 234 g/mol. The molecule has 0 bridgehead atoms. The number of nitrogens with two attached hydrogens (primary N) is 1. The number of carbonyl (C=O) groups excluding carboxylic acids is 1. The van der Waals surface area contributed by atoms with Crippen LogP contribution >= 0.6 is 0 Å². The number of primary amides is 1. The molecule has 0 spiro atoms. The fourth-order valence-electron chi connectivity index (χ4n) is 1.85. The molecule has 0 radical (unpaired) electrons. The molecule has 0 aliphatic heterocycles. The molecule has 0 atom stereocenters. The third-order valence-corrected chi connectivity index (χ3v) is 2.67. The van der Waals surface area contributed by atoms with Crippen LogP contribution in [-0.4, -0.2) is 5.91 Å². The highest BCUT2D eigenvalue weighted by Gasteiger charge is 2.11. The van der Waals surface area contributed by atoms with Crippen LogP contribution < -0.4 is 5.73 Å². The summed E-state index contributed by atoms with van der Waals surface area (Å²) in [6.07, 6.45) is 5.15. The summed E-state index contributed by atoms with van der Waals surface area (Å²) >= 11 is 0. The Morgan fingerprint density at radius 2 is 1.79 bits per heavy atom. The first-order chi connectivity index (χ1) is 9.24. The number of hydrogen-bond donors (Lipinski definition) is 1. The molecule has 0 saturated carbocycles. The molecule has 2 heteroatoms. The second kappa shape index (κ2) is 5.58. The minimum absolute atomic E-state index is 0.379. The Morgan fingerprint density at radius 3 is 2.42 bits per heavy atom. The van der Waals surface area contributed by atoms with Crippen molar-refractivity contribution < 1.29 is 4.79 Å². The van der Waals surface area contributed by atoms with E-state index >= 15 is 0 Å². The van der Waals surface area contributed by atoms with E-state index < -0.39 is 5.91 Å². The largest absolute Gasteiger partial charge is 0.366 e. The van der Waals surface area contributed by atoms with Crippen molar-refractivity contribution in [3.8, 4) is 35.3 Å². The lowest BCUT2D eigenvalue weighted by Crippen LogP contribution is -2.13. The van der Waals surface area contributed by atoms with Crippen LogP contribution in [0.25, 0.3) is 11.1 Å². The highest BCUT2D eigenvalue weighted by molar-refractivity contribution is 5.98. The zero-order valence-electron chi connectivity index (χ0n) is 10.2. The van der Waals surface area contributed by atoms with Crippen LogP contribution in [0.2, 0.25) is 0 Å². The van der Waals surface area contributed by atoms with Crippen LogP contribution in [-0.2, 0) is 0 Å². The molecular formula is C17H11NO. The van der Waals surface area contributed by atoms with Crippen LogP contribution in [0.4, 0.5) is 0 Å². The molecule has 19 heavy (non-hydrogen) atoms. The van der Waals surface area contributed by atoms with Crippen molar-refractivity contribution in [2.24, 2.45) is 5.73 Å². The van der Waals surface area contributed by atoms with Gasteiger partial charge in [-0.1, -0.05) is 48.4 Å². The zero-order chi connectivity index (χ0) is 13.7. The van der Waals surface area contributed by atoms with Gasteiger partial charge in [0.1, 0.15) is 0 Å². The average molecular weight is 245 g/mol. The lowest BCUT2D eigenvalue weighted by atomic mass is 9.95. The van der Waals surface area contributed by atoms with Crippen LogP contribution in [0.15, 0.2) is 48.5 Å². The van der Waals surface area contributed by atoms with Gasteiger partial charge in [-0.3, -0.25) is 4.79 Å². The number of amides is 1. The van der Waals surface area contributed by atoms with Crippen molar-refractivity contribution in [1.82, 2.24) is 0 Å². The highest BCUT2D eigenvalue weighted by Crippen LogP contribution is 2.25. The Balaban J connectivity index is 2.71. The summed E-state index contributed by atoms with van der Waals surface area (Å²) in [7, 11) is 0. The lowest BCUT2D eigenvalue weighted by Gasteiger charge is -2.08. The van der Waals surface area contributed by atoms with E-state index in [1.165, 1.54) is 0 Å². The topological polar surface area (TPSA) is 43.1 Å². The third kappa shape index (κ3) is 2.65. The molecule has 2 aromatic carbocycles. The van der Waals surface area contributed by atoms with Gasteiger partial charge in [0.05, 0.1) is 5.56 Å². The second-order valence-electron chi connectivity index (χ2n) is 3.85. The van der Waals surface area contributed by atoms with Crippen LogP contribution in [0.1, 0.15) is 15.9 Å². The molecule has 0 unspecified atom stereocenters. The second-order valence-corrected chi connectivity index (χ2v) is 3.85. The van der Waals surface area contributed by atoms with Crippen molar-refractivity contribution in [3.63, 3.8) is 0 Å². The first kappa shape index (κ1) is 12.5. The van der Waals surface area contributed by atoms with E-state index in [1.54, 1.807) is 12.1 Å². The molecule has 0 fully saturated rings. The molecule has 0 aliphatic rings. The van der Waals surface area contributed by atoms with Crippen LogP contribution in [0.3, 0.4) is 0 Å². The predicted molar refractivity (Wildman–Crippen MR) is 76.1 cm³/mol. The maximum absolute atomic E-state index is 11.5. The minimum Gasteiger partial charge on any atom is -0.366 e. The SMILES string of the molecule is C#CC#Cc1c(C(N)=O)cccc1-c1ccccc1. The molecule has 2 aromatic rings. The lowest BCUT2D eigenvalue weighted by molar-refractivity contribution is 0.1000. The Kier molecular flexibility index (Phi) is 3.67. The minimum atomic E-state index is -0.515. The van der Waals surface area contributed by atoms with Gasteiger partial charge in [-0.25, -0.2) is 0 Å². The number of rotatable bonds is 2. The van der Waals surface area contributed by atoms with Gasteiger partial charge in [0, 0.05) is 5.56 Å². The summed E-state index contributed by atoms with van der Waals surface area (Å²) in [5.74, 6) is 7.10. The predicted octanol–water partition coefficient (Wildman–Crippen LogP) is 2.44. The molecule has 1 amide bonds. The van der Waals surface area contributed by atoms with Crippen molar-refractivity contribution in [2.45, 2.75) is 0 Å². The third-order valence-electron chi connectivity index (χ3n) is 2.67. The van der Waals surface area contributed by atoms with Crippen LogP contribution in [0.5, 0.6) is 0 Å². The summed E-state index contributed by atoms with van der Waals surface area (Å²) in [5.41, 5.74) is 8.13. The van der Waals surface area contributed by atoms with E-state index in [9.17, 15) is 4.79 Å². The molecule has 2 nitrogen and oxygen atoms in total. The Hall–Kier alpha value is -2.97. The van der Waals surface area contributed by atoms with E-state index in [2.05, 4.69) is 17.8 Å².